The second-order valence-electron chi connectivity index (χ2n) is 6.37. The van der Waals surface area contributed by atoms with Crippen molar-refractivity contribution in [1.29, 1.82) is 0 Å². The zero-order valence-corrected chi connectivity index (χ0v) is 13.6. The number of benzene rings is 2. The van der Waals surface area contributed by atoms with Crippen LogP contribution >= 0.6 is 0 Å². The van der Waals surface area contributed by atoms with Gasteiger partial charge in [-0.1, -0.05) is 30.3 Å². The monoisotopic (exact) mass is 325 g/mol. The van der Waals surface area contributed by atoms with Crippen LogP contribution in [0.4, 0.5) is 11.4 Å². The summed E-state index contributed by atoms with van der Waals surface area (Å²) in [5.74, 6) is -0.786. The van der Waals surface area contributed by atoms with E-state index in [0.717, 1.165) is 38.0 Å². The van der Waals surface area contributed by atoms with Gasteiger partial charge in [-0.2, -0.15) is 0 Å². The number of carboxylic acid groups (broad SMARTS) is 1. The molecule has 5 nitrogen and oxygen atoms in total. The number of nitrogens with zero attached hydrogens (tertiary/aromatic N) is 1. The predicted octanol–water partition coefficient (Wildman–Crippen LogP) is 2.93. The average Bonchev–Trinajstić information content (AvgIpc) is 2.57. The number of aromatic carboxylic acids is 1. The van der Waals surface area contributed by atoms with Crippen LogP contribution in [-0.2, 0) is 6.54 Å². The number of hydrogen-bond acceptors (Lipinski definition) is 4. The maximum absolute atomic E-state index is 11.3. The van der Waals surface area contributed by atoms with E-state index in [0.29, 0.717) is 11.4 Å². The van der Waals surface area contributed by atoms with Crippen LogP contribution in [0.5, 0.6) is 0 Å². The molecule has 0 aromatic heterocycles. The summed E-state index contributed by atoms with van der Waals surface area (Å²) in [6.07, 6.45) is 1.87. The number of nitrogen functional groups attached to an aromatic ring is 2. The van der Waals surface area contributed by atoms with Gasteiger partial charge in [0.1, 0.15) is 0 Å². The van der Waals surface area contributed by atoms with Crippen LogP contribution in [0.25, 0.3) is 0 Å². The molecule has 2 aromatic carbocycles. The molecule has 2 aromatic rings. The Labute approximate surface area is 141 Å². The van der Waals surface area contributed by atoms with E-state index in [2.05, 4.69) is 29.2 Å². The molecule has 0 atom stereocenters. The zero-order chi connectivity index (χ0) is 17.1. The lowest BCUT2D eigenvalue weighted by Gasteiger charge is -2.33. The number of likely N-dealkylation sites (tertiary alicyclic amines) is 1. The Hall–Kier alpha value is -2.53. The van der Waals surface area contributed by atoms with Gasteiger partial charge in [0.25, 0.3) is 0 Å². The highest BCUT2D eigenvalue weighted by atomic mass is 16.4. The van der Waals surface area contributed by atoms with Crippen molar-refractivity contribution in [1.82, 2.24) is 4.90 Å². The molecule has 126 valence electrons. The number of rotatable bonds is 4. The molecule has 1 aliphatic rings. The van der Waals surface area contributed by atoms with E-state index < -0.39 is 5.97 Å². The topological polar surface area (TPSA) is 92.6 Å². The molecule has 0 saturated carbocycles. The van der Waals surface area contributed by atoms with Crippen LogP contribution in [0.2, 0.25) is 0 Å². The molecule has 0 amide bonds. The first kappa shape index (κ1) is 16.3. The summed E-state index contributed by atoms with van der Waals surface area (Å²) < 4.78 is 0. The van der Waals surface area contributed by atoms with Gasteiger partial charge < -0.3 is 16.6 Å². The summed E-state index contributed by atoms with van der Waals surface area (Å²) in [6.45, 7) is 2.85. The first-order valence-electron chi connectivity index (χ1n) is 8.23. The van der Waals surface area contributed by atoms with E-state index in [1.54, 1.807) is 6.07 Å². The van der Waals surface area contributed by atoms with Gasteiger partial charge in [0, 0.05) is 17.8 Å². The Morgan fingerprint density at radius 1 is 1.08 bits per heavy atom. The number of hydrogen-bond donors (Lipinski definition) is 3. The molecule has 0 unspecified atom stereocenters. The van der Waals surface area contributed by atoms with E-state index in [9.17, 15) is 9.90 Å². The fourth-order valence-electron chi connectivity index (χ4n) is 3.52. The smallest absolute Gasteiger partial charge is 0.337 e. The van der Waals surface area contributed by atoms with Gasteiger partial charge in [0.15, 0.2) is 0 Å². The zero-order valence-electron chi connectivity index (χ0n) is 13.6. The minimum absolute atomic E-state index is 0.144. The third kappa shape index (κ3) is 3.36. The minimum atomic E-state index is -1.00. The fraction of sp³-hybridized carbons (Fsp3) is 0.316. The molecule has 1 aliphatic heterocycles. The molecule has 5 N–H and O–H groups in total. The molecule has 1 heterocycles. The normalized spacial score (nSPS) is 16.2. The summed E-state index contributed by atoms with van der Waals surface area (Å²) in [7, 11) is 0. The van der Waals surface area contributed by atoms with Crippen LogP contribution in [0.15, 0.2) is 42.5 Å². The van der Waals surface area contributed by atoms with E-state index in [4.69, 9.17) is 11.5 Å². The summed E-state index contributed by atoms with van der Waals surface area (Å²) in [6, 6.07) is 13.6. The van der Waals surface area contributed by atoms with Crippen molar-refractivity contribution in [3.63, 3.8) is 0 Å². The van der Waals surface area contributed by atoms with Crippen molar-refractivity contribution in [2.45, 2.75) is 25.3 Å². The van der Waals surface area contributed by atoms with Gasteiger partial charge in [-0.3, -0.25) is 4.90 Å². The summed E-state index contributed by atoms with van der Waals surface area (Å²) >= 11 is 0. The van der Waals surface area contributed by atoms with E-state index in [-0.39, 0.29) is 11.5 Å². The lowest BCUT2D eigenvalue weighted by atomic mass is 9.86. The lowest BCUT2D eigenvalue weighted by molar-refractivity contribution is 0.0698. The van der Waals surface area contributed by atoms with Crippen molar-refractivity contribution in [2.75, 3.05) is 24.6 Å². The fourth-order valence-corrected chi connectivity index (χ4v) is 3.52. The van der Waals surface area contributed by atoms with Gasteiger partial charge in [-0.15, -0.1) is 0 Å². The van der Waals surface area contributed by atoms with Gasteiger partial charge in [-0.05, 0) is 49.5 Å². The third-order valence-electron chi connectivity index (χ3n) is 4.80. The van der Waals surface area contributed by atoms with Gasteiger partial charge in [-0.25, -0.2) is 4.79 Å². The van der Waals surface area contributed by atoms with Crippen LogP contribution in [0.3, 0.4) is 0 Å². The minimum Gasteiger partial charge on any atom is -0.478 e. The molecule has 0 aliphatic carbocycles. The molecule has 0 spiro atoms. The van der Waals surface area contributed by atoms with E-state index in [1.165, 1.54) is 11.6 Å². The number of piperidine rings is 1. The van der Waals surface area contributed by atoms with Gasteiger partial charge in [0.2, 0.25) is 0 Å². The van der Waals surface area contributed by atoms with Crippen molar-refractivity contribution in [3.8, 4) is 0 Å². The molecular weight excluding hydrogens is 302 g/mol. The average molecular weight is 325 g/mol. The van der Waals surface area contributed by atoms with Crippen LogP contribution in [0.1, 0.15) is 40.2 Å². The number of anilines is 2. The maximum atomic E-state index is 11.3. The van der Waals surface area contributed by atoms with Crippen LogP contribution < -0.4 is 11.5 Å². The number of nitrogens with two attached hydrogens (primary N) is 2. The van der Waals surface area contributed by atoms with Crippen molar-refractivity contribution in [3.05, 3.63) is 59.2 Å². The first-order valence-corrected chi connectivity index (χ1v) is 8.23. The second kappa shape index (κ2) is 6.93. The van der Waals surface area contributed by atoms with Gasteiger partial charge >= 0.3 is 5.97 Å². The standard InChI is InChI=1S/C19H23N3O2/c20-16-7-6-15(19(23)24)18(21)17(16)14-8-10-22(11-9-14)12-13-4-2-1-3-5-13/h1-7,14H,8-12,20-21H2,(H,23,24). The highest BCUT2D eigenvalue weighted by Crippen LogP contribution is 2.37. The largest absolute Gasteiger partial charge is 0.478 e. The van der Waals surface area contributed by atoms with E-state index in [1.807, 2.05) is 6.07 Å². The predicted molar refractivity (Wildman–Crippen MR) is 95.9 cm³/mol. The maximum Gasteiger partial charge on any atom is 0.337 e. The Morgan fingerprint density at radius 2 is 1.75 bits per heavy atom. The first-order chi connectivity index (χ1) is 11.6. The van der Waals surface area contributed by atoms with Gasteiger partial charge in [0.05, 0.1) is 11.3 Å². The molecule has 5 heteroatoms. The molecule has 0 bridgehead atoms. The highest BCUT2D eigenvalue weighted by molar-refractivity contribution is 5.95. The quantitative estimate of drug-likeness (QED) is 0.752. The molecular formula is C19H23N3O2. The molecule has 0 radical (unpaired) electrons. The summed E-state index contributed by atoms with van der Waals surface area (Å²) in [5, 5.41) is 9.26. The Kier molecular flexibility index (Phi) is 4.71. The SMILES string of the molecule is Nc1ccc(C(=O)O)c(N)c1C1CCN(Cc2ccccc2)CC1. The van der Waals surface area contributed by atoms with Crippen molar-refractivity contribution >= 4 is 17.3 Å². The van der Waals surface area contributed by atoms with Crippen LogP contribution in [-0.4, -0.2) is 29.1 Å². The number of carbonyl (C=O) groups is 1. The Morgan fingerprint density at radius 3 is 2.38 bits per heavy atom. The lowest BCUT2D eigenvalue weighted by Crippen LogP contribution is -2.33. The second-order valence-corrected chi connectivity index (χ2v) is 6.37. The highest BCUT2D eigenvalue weighted by Gasteiger charge is 2.26. The summed E-state index contributed by atoms with van der Waals surface area (Å²) in [5.41, 5.74) is 15.4. The van der Waals surface area contributed by atoms with E-state index >= 15 is 0 Å². The summed E-state index contributed by atoms with van der Waals surface area (Å²) in [4.78, 5) is 13.7. The Balaban J connectivity index is 1.71. The Bertz CT molecular complexity index is 723. The van der Waals surface area contributed by atoms with Crippen molar-refractivity contribution < 1.29 is 9.90 Å². The van der Waals surface area contributed by atoms with Crippen molar-refractivity contribution in [2.24, 2.45) is 0 Å². The third-order valence-corrected chi connectivity index (χ3v) is 4.80. The van der Waals surface area contributed by atoms with Crippen LogP contribution in [0, 0.1) is 0 Å². The molecule has 1 fully saturated rings. The molecule has 1 saturated heterocycles. The molecule has 24 heavy (non-hydrogen) atoms. The molecule has 3 rings (SSSR count). The number of carboxylic acids is 1.